The van der Waals surface area contributed by atoms with Crippen molar-refractivity contribution in [3.63, 3.8) is 0 Å². The summed E-state index contributed by atoms with van der Waals surface area (Å²) in [7, 11) is 0. The Bertz CT molecular complexity index is 1150. The molecule has 7 nitrogen and oxygen atoms in total. The Balaban J connectivity index is 1.70. The number of hydrogen-bond acceptors (Lipinski definition) is 4. The van der Waals surface area contributed by atoms with Crippen molar-refractivity contribution in [3.8, 4) is 0 Å². The first kappa shape index (κ1) is 26.4. The van der Waals surface area contributed by atoms with Crippen LogP contribution < -0.4 is 10.6 Å². The predicted octanol–water partition coefficient (Wildman–Crippen LogP) is 4.81. The van der Waals surface area contributed by atoms with Crippen molar-refractivity contribution in [1.82, 2.24) is 15.1 Å². The van der Waals surface area contributed by atoms with Crippen LogP contribution in [0.3, 0.4) is 0 Å². The number of carbonyl (C=O) groups excluding carboxylic acids is 2. The first-order valence-electron chi connectivity index (χ1n) is 11.6. The minimum Gasteiger partial charge on any atom is -0.378 e. The third-order valence-electron chi connectivity index (χ3n) is 5.72. The van der Waals surface area contributed by atoms with E-state index in [0.717, 1.165) is 12.1 Å². The van der Waals surface area contributed by atoms with Gasteiger partial charge in [-0.1, -0.05) is 61.0 Å². The summed E-state index contributed by atoms with van der Waals surface area (Å²) >= 11 is 5.86. The topological polar surface area (TPSA) is 96.2 Å². The van der Waals surface area contributed by atoms with Crippen LogP contribution in [0.25, 0.3) is 0 Å². The molecule has 3 N–H and O–H groups in total. The van der Waals surface area contributed by atoms with Crippen LogP contribution in [0.4, 0.5) is 5.82 Å². The lowest BCUT2D eigenvalue weighted by Gasteiger charge is -2.23. The molecule has 186 valence electrons. The molecule has 0 bridgehead atoms. The fraction of sp³-hybridized carbons (Fsp3) is 0.370. The number of amides is 2. The molecule has 3 aromatic rings. The summed E-state index contributed by atoms with van der Waals surface area (Å²) in [5, 5.41) is 21.0. The lowest BCUT2D eigenvalue weighted by atomic mass is 9.96. The first-order valence-corrected chi connectivity index (χ1v) is 12.0. The third-order valence-corrected chi connectivity index (χ3v) is 5.97. The number of rotatable bonds is 8. The van der Waals surface area contributed by atoms with Gasteiger partial charge in [-0.2, -0.15) is 5.10 Å². The Morgan fingerprint density at radius 2 is 1.63 bits per heavy atom. The molecule has 3 atom stereocenters. The molecule has 0 fully saturated rings. The maximum atomic E-state index is 12.9. The molecule has 0 radical (unpaired) electrons. The van der Waals surface area contributed by atoms with Crippen molar-refractivity contribution in [1.29, 1.82) is 0 Å². The predicted molar refractivity (Wildman–Crippen MR) is 138 cm³/mol. The molecule has 0 aliphatic rings. The molecular formula is C27H33ClN4O3. The smallest absolute Gasteiger partial charge is 0.254 e. The van der Waals surface area contributed by atoms with Gasteiger partial charge in [0, 0.05) is 11.1 Å². The Hall–Kier alpha value is -3.16. The van der Waals surface area contributed by atoms with Gasteiger partial charge in [-0.25, -0.2) is 4.68 Å². The molecule has 0 aliphatic carbocycles. The Morgan fingerprint density at radius 1 is 1.00 bits per heavy atom. The zero-order chi connectivity index (χ0) is 25.8. The molecule has 0 aliphatic heterocycles. The van der Waals surface area contributed by atoms with Gasteiger partial charge in [-0.15, -0.1) is 0 Å². The number of halogens is 1. The second-order valence-corrected chi connectivity index (χ2v) is 10.2. The Morgan fingerprint density at radius 3 is 2.23 bits per heavy atom. The third kappa shape index (κ3) is 6.93. The number of nitrogens with one attached hydrogen (secondary N) is 2. The van der Waals surface area contributed by atoms with E-state index in [1.165, 1.54) is 5.56 Å². The van der Waals surface area contributed by atoms with Gasteiger partial charge in [0.05, 0.1) is 11.2 Å². The quantitative estimate of drug-likeness (QED) is 0.416. The molecule has 1 aromatic heterocycles. The molecule has 2 aromatic carbocycles. The standard InChI is InChI=1S/C27H33ClN4O3/c1-17(19-9-7-6-8-10-19)15-22-16-23(32(31-22)27(3,4)5)30-25(34)18(2)29-26(35)24(33)20-11-13-21(28)14-12-20/h6-14,16-18,24,33H,15H2,1-5H3,(H,29,35)(H,30,34). The van der Waals surface area contributed by atoms with Crippen LogP contribution in [0.5, 0.6) is 0 Å². The zero-order valence-corrected chi connectivity index (χ0v) is 21.5. The van der Waals surface area contributed by atoms with Gasteiger partial charge in [-0.05, 0) is 63.3 Å². The summed E-state index contributed by atoms with van der Waals surface area (Å²) < 4.78 is 1.79. The van der Waals surface area contributed by atoms with E-state index in [2.05, 4.69) is 29.7 Å². The highest BCUT2D eigenvalue weighted by Crippen LogP contribution is 2.26. The first-order chi connectivity index (χ1) is 16.5. The van der Waals surface area contributed by atoms with Crippen molar-refractivity contribution in [2.75, 3.05) is 5.32 Å². The summed E-state index contributed by atoms with van der Waals surface area (Å²) in [4.78, 5) is 25.4. The summed E-state index contributed by atoms with van der Waals surface area (Å²) in [6, 6.07) is 17.5. The highest BCUT2D eigenvalue weighted by Gasteiger charge is 2.26. The lowest BCUT2D eigenvalue weighted by Crippen LogP contribution is -2.44. The number of aliphatic hydroxyl groups is 1. The van der Waals surface area contributed by atoms with Crippen LogP contribution in [-0.4, -0.2) is 32.7 Å². The van der Waals surface area contributed by atoms with Gasteiger partial charge < -0.3 is 15.7 Å². The van der Waals surface area contributed by atoms with Crippen molar-refractivity contribution >= 4 is 29.2 Å². The number of nitrogens with zero attached hydrogens (tertiary/aromatic N) is 2. The molecule has 3 rings (SSSR count). The normalized spacial score (nSPS) is 14.1. The average Bonchev–Trinajstić information content (AvgIpc) is 3.22. The van der Waals surface area contributed by atoms with Crippen LogP contribution in [0.15, 0.2) is 60.7 Å². The van der Waals surface area contributed by atoms with Crippen molar-refractivity contribution in [3.05, 3.63) is 82.5 Å². The van der Waals surface area contributed by atoms with E-state index in [0.29, 0.717) is 16.4 Å². The van der Waals surface area contributed by atoms with E-state index < -0.39 is 24.0 Å². The molecule has 3 unspecified atom stereocenters. The number of aromatic nitrogens is 2. The minimum atomic E-state index is -1.41. The van der Waals surface area contributed by atoms with E-state index >= 15 is 0 Å². The molecule has 1 heterocycles. The van der Waals surface area contributed by atoms with E-state index in [1.54, 1.807) is 35.9 Å². The van der Waals surface area contributed by atoms with E-state index in [1.807, 2.05) is 45.0 Å². The fourth-order valence-electron chi connectivity index (χ4n) is 3.73. The summed E-state index contributed by atoms with van der Waals surface area (Å²) in [5.41, 5.74) is 2.11. The molecule has 2 amide bonds. The Labute approximate surface area is 211 Å². The van der Waals surface area contributed by atoms with Gasteiger partial charge in [-0.3, -0.25) is 9.59 Å². The second-order valence-electron chi connectivity index (χ2n) is 9.79. The maximum Gasteiger partial charge on any atom is 0.254 e. The number of benzene rings is 2. The molecular weight excluding hydrogens is 464 g/mol. The van der Waals surface area contributed by atoms with Crippen LogP contribution in [0.2, 0.25) is 5.02 Å². The van der Waals surface area contributed by atoms with E-state index in [9.17, 15) is 14.7 Å². The molecule has 0 saturated heterocycles. The highest BCUT2D eigenvalue weighted by atomic mass is 35.5. The summed E-state index contributed by atoms with van der Waals surface area (Å²) in [6.45, 7) is 9.74. The second kappa shape index (κ2) is 11.1. The van der Waals surface area contributed by atoms with Crippen LogP contribution in [0, 0.1) is 0 Å². The number of carbonyl (C=O) groups is 2. The molecule has 0 saturated carbocycles. The SMILES string of the molecule is CC(NC(=O)C(O)c1ccc(Cl)cc1)C(=O)Nc1cc(CC(C)c2ccccc2)nn1C(C)(C)C. The average molecular weight is 497 g/mol. The Kier molecular flexibility index (Phi) is 8.35. The zero-order valence-electron chi connectivity index (χ0n) is 20.7. The van der Waals surface area contributed by atoms with Crippen LogP contribution in [-0.2, 0) is 21.5 Å². The van der Waals surface area contributed by atoms with E-state index in [-0.39, 0.29) is 11.5 Å². The fourth-order valence-corrected chi connectivity index (χ4v) is 3.86. The monoisotopic (exact) mass is 496 g/mol. The van der Waals surface area contributed by atoms with Gasteiger partial charge in [0.1, 0.15) is 11.9 Å². The highest BCUT2D eigenvalue weighted by molar-refractivity contribution is 6.30. The number of hydrogen-bond donors (Lipinski definition) is 3. The largest absolute Gasteiger partial charge is 0.378 e. The van der Waals surface area contributed by atoms with Gasteiger partial charge in [0.25, 0.3) is 5.91 Å². The summed E-state index contributed by atoms with van der Waals surface area (Å²) in [6.07, 6.45) is -0.691. The summed E-state index contributed by atoms with van der Waals surface area (Å²) in [5.74, 6) is -0.265. The molecule has 8 heteroatoms. The van der Waals surface area contributed by atoms with Crippen molar-refractivity contribution in [2.24, 2.45) is 0 Å². The molecule has 0 spiro atoms. The maximum absolute atomic E-state index is 12.9. The van der Waals surface area contributed by atoms with Crippen molar-refractivity contribution in [2.45, 2.75) is 64.6 Å². The molecule has 35 heavy (non-hydrogen) atoms. The number of aliphatic hydroxyl groups excluding tert-OH is 1. The number of anilines is 1. The van der Waals surface area contributed by atoms with Gasteiger partial charge in [0.15, 0.2) is 6.10 Å². The van der Waals surface area contributed by atoms with Crippen LogP contribution >= 0.6 is 11.6 Å². The van der Waals surface area contributed by atoms with Crippen molar-refractivity contribution < 1.29 is 14.7 Å². The lowest BCUT2D eigenvalue weighted by molar-refractivity contribution is -0.132. The van der Waals surface area contributed by atoms with E-state index in [4.69, 9.17) is 16.7 Å². The van der Waals surface area contributed by atoms with Gasteiger partial charge >= 0.3 is 0 Å². The van der Waals surface area contributed by atoms with Crippen LogP contribution in [0.1, 0.15) is 63.5 Å². The minimum absolute atomic E-state index is 0.260. The van der Waals surface area contributed by atoms with Gasteiger partial charge in [0.2, 0.25) is 5.91 Å².